The number of ether oxygens (including phenoxy) is 3. The van der Waals surface area contributed by atoms with Gasteiger partial charge in [0.25, 0.3) is 5.91 Å². The maximum atomic E-state index is 12.2. The predicted octanol–water partition coefficient (Wildman–Crippen LogP) is 2.55. The minimum absolute atomic E-state index is 0.165. The fourth-order valence-electron chi connectivity index (χ4n) is 2.05. The molecule has 0 unspecified atom stereocenters. The second-order valence-electron chi connectivity index (χ2n) is 4.70. The number of carbonyl (C=O) groups is 1. The Morgan fingerprint density at radius 1 is 1.13 bits per heavy atom. The maximum Gasteiger partial charge on any atom is 0.257 e. The van der Waals surface area contributed by atoms with Crippen LogP contribution in [0.15, 0.2) is 42.5 Å². The van der Waals surface area contributed by atoms with E-state index in [1.165, 1.54) is 0 Å². The molecule has 7 heteroatoms. The summed E-state index contributed by atoms with van der Waals surface area (Å²) >= 11 is 5.14. The van der Waals surface area contributed by atoms with Gasteiger partial charge in [0.2, 0.25) is 6.79 Å². The third-order valence-corrected chi connectivity index (χ3v) is 3.41. The van der Waals surface area contributed by atoms with Crippen molar-refractivity contribution in [3.8, 4) is 17.2 Å². The Hall–Kier alpha value is -2.80. The highest BCUT2D eigenvalue weighted by molar-refractivity contribution is 7.80. The van der Waals surface area contributed by atoms with Gasteiger partial charge >= 0.3 is 0 Å². The monoisotopic (exact) mass is 330 g/mol. The Balaban J connectivity index is 1.61. The summed E-state index contributed by atoms with van der Waals surface area (Å²) < 4.78 is 15.5. The van der Waals surface area contributed by atoms with Crippen LogP contribution < -0.4 is 24.8 Å². The molecule has 2 aromatic carbocycles. The number of carbonyl (C=O) groups excluding carboxylic acids is 1. The Bertz CT molecular complexity index is 746. The van der Waals surface area contributed by atoms with Crippen molar-refractivity contribution >= 4 is 28.9 Å². The number of thiocarbonyl (C=S) groups is 1. The zero-order valence-corrected chi connectivity index (χ0v) is 13.1. The molecule has 6 nitrogen and oxygen atoms in total. The summed E-state index contributed by atoms with van der Waals surface area (Å²) in [5, 5.41) is 5.76. The van der Waals surface area contributed by atoms with Crippen molar-refractivity contribution in [2.24, 2.45) is 0 Å². The van der Waals surface area contributed by atoms with Crippen LogP contribution in [0.4, 0.5) is 5.69 Å². The number of amides is 1. The highest BCUT2D eigenvalue weighted by Gasteiger charge is 2.16. The van der Waals surface area contributed by atoms with Gasteiger partial charge < -0.3 is 19.5 Å². The van der Waals surface area contributed by atoms with E-state index >= 15 is 0 Å². The van der Waals surface area contributed by atoms with Gasteiger partial charge in [-0.15, -0.1) is 0 Å². The first-order valence-corrected chi connectivity index (χ1v) is 7.22. The van der Waals surface area contributed by atoms with Crippen LogP contribution in [0.25, 0.3) is 0 Å². The predicted molar refractivity (Wildman–Crippen MR) is 89.2 cm³/mol. The van der Waals surface area contributed by atoms with E-state index in [1.807, 2.05) is 0 Å². The summed E-state index contributed by atoms with van der Waals surface area (Å²) in [6.45, 7) is 0.165. The van der Waals surface area contributed by atoms with Gasteiger partial charge in [0, 0.05) is 11.3 Å². The van der Waals surface area contributed by atoms with Crippen LogP contribution in [0.3, 0.4) is 0 Å². The fourth-order valence-corrected chi connectivity index (χ4v) is 2.26. The molecule has 0 bridgehead atoms. The van der Waals surface area contributed by atoms with Gasteiger partial charge in [0.15, 0.2) is 16.6 Å². The van der Waals surface area contributed by atoms with Crippen LogP contribution in [-0.2, 0) is 0 Å². The molecule has 0 saturated carbocycles. The summed E-state index contributed by atoms with van der Waals surface area (Å²) in [7, 11) is 1.60. The molecule has 2 aromatic rings. The number of fused-ring (bicyclic) bond motifs is 1. The van der Waals surface area contributed by atoms with Crippen LogP contribution in [0.1, 0.15) is 10.4 Å². The molecule has 1 aliphatic rings. The largest absolute Gasteiger partial charge is 0.497 e. The summed E-state index contributed by atoms with van der Waals surface area (Å²) in [5.41, 5.74) is 1.19. The first-order chi connectivity index (χ1) is 11.2. The maximum absolute atomic E-state index is 12.2. The van der Waals surface area contributed by atoms with Crippen molar-refractivity contribution in [2.75, 3.05) is 19.2 Å². The van der Waals surface area contributed by atoms with Crippen molar-refractivity contribution in [3.05, 3.63) is 48.0 Å². The van der Waals surface area contributed by atoms with E-state index in [0.29, 0.717) is 17.1 Å². The molecule has 0 fully saturated rings. The van der Waals surface area contributed by atoms with Gasteiger partial charge in [-0.05, 0) is 54.7 Å². The second-order valence-corrected chi connectivity index (χ2v) is 5.11. The van der Waals surface area contributed by atoms with Crippen LogP contribution in [0.5, 0.6) is 17.2 Å². The number of benzene rings is 2. The van der Waals surface area contributed by atoms with Crippen molar-refractivity contribution in [1.82, 2.24) is 5.32 Å². The molecule has 2 N–H and O–H groups in total. The molecular formula is C16H14N2O4S. The van der Waals surface area contributed by atoms with Crippen LogP contribution in [0, 0.1) is 0 Å². The zero-order chi connectivity index (χ0) is 16.2. The van der Waals surface area contributed by atoms with E-state index in [-0.39, 0.29) is 17.8 Å². The molecule has 0 radical (unpaired) electrons. The molecule has 1 amide bonds. The Morgan fingerprint density at radius 3 is 2.61 bits per heavy atom. The molecule has 1 heterocycles. The Labute approximate surface area is 138 Å². The van der Waals surface area contributed by atoms with Crippen molar-refractivity contribution in [3.63, 3.8) is 0 Å². The minimum atomic E-state index is -0.325. The van der Waals surface area contributed by atoms with E-state index in [4.69, 9.17) is 26.4 Å². The molecule has 1 aliphatic heterocycles. The lowest BCUT2D eigenvalue weighted by Gasteiger charge is -2.10. The number of anilines is 1. The van der Waals surface area contributed by atoms with Gasteiger partial charge in [-0.3, -0.25) is 10.1 Å². The Kier molecular flexibility index (Phi) is 4.29. The van der Waals surface area contributed by atoms with Gasteiger partial charge in [-0.2, -0.15) is 0 Å². The molecule has 0 atom stereocenters. The highest BCUT2D eigenvalue weighted by atomic mass is 32.1. The molecule has 118 valence electrons. The SMILES string of the molecule is COc1ccc(NC(=S)NC(=O)c2ccc3c(c2)OCO3)cc1. The summed E-state index contributed by atoms with van der Waals surface area (Å²) in [5.74, 6) is 1.59. The topological polar surface area (TPSA) is 68.8 Å². The quantitative estimate of drug-likeness (QED) is 0.843. The lowest BCUT2D eigenvalue weighted by atomic mass is 10.2. The van der Waals surface area contributed by atoms with Crippen LogP contribution >= 0.6 is 12.2 Å². The zero-order valence-electron chi connectivity index (χ0n) is 12.3. The minimum Gasteiger partial charge on any atom is -0.497 e. The highest BCUT2D eigenvalue weighted by Crippen LogP contribution is 2.32. The average molecular weight is 330 g/mol. The average Bonchev–Trinajstić information content (AvgIpc) is 3.03. The molecule has 3 rings (SSSR count). The summed E-state index contributed by atoms with van der Waals surface area (Å²) in [6, 6.07) is 12.2. The van der Waals surface area contributed by atoms with Crippen LogP contribution in [-0.4, -0.2) is 24.9 Å². The number of hydrogen-bond acceptors (Lipinski definition) is 5. The normalized spacial score (nSPS) is 11.7. The second kappa shape index (κ2) is 6.53. The standard InChI is InChI=1S/C16H14N2O4S/c1-20-12-5-3-11(4-6-12)17-16(23)18-15(19)10-2-7-13-14(8-10)22-9-21-13/h2-8H,9H2,1H3,(H2,17,18,19,23). The molecule has 0 spiro atoms. The first kappa shape index (κ1) is 15.1. The lowest BCUT2D eigenvalue weighted by Crippen LogP contribution is -2.34. The summed E-state index contributed by atoms with van der Waals surface area (Å²) in [6.07, 6.45) is 0. The summed E-state index contributed by atoms with van der Waals surface area (Å²) in [4.78, 5) is 12.2. The third-order valence-electron chi connectivity index (χ3n) is 3.21. The molecule has 0 aliphatic carbocycles. The smallest absolute Gasteiger partial charge is 0.257 e. The number of nitrogens with one attached hydrogen (secondary N) is 2. The van der Waals surface area contributed by atoms with E-state index in [9.17, 15) is 4.79 Å². The van der Waals surface area contributed by atoms with Gasteiger partial charge in [0.05, 0.1) is 7.11 Å². The molecule has 0 saturated heterocycles. The van der Waals surface area contributed by atoms with Crippen molar-refractivity contribution in [2.45, 2.75) is 0 Å². The Morgan fingerprint density at radius 2 is 1.87 bits per heavy atom. The van der Waals surface area contributed by atoms with Gasteiger partial charge in [-0.25, -0.2) is 0 Å². The number of hydrogen-bond donors (Lipinski definition) is 2. The van der Waals surface area contributed by atoms with Crippen molar-refractivity contribution < 1.29 is 19.0 Å². The van der Waals surface area contributed by atoms with E-state index < -0.39 is 0 Å². The number of methoxy groups -OCH3 is 1. The van der Waals surface area contributed by atoms with E-state index in [2.05, 4.69) is 10.6 Å². The van der Waals surface area contributed by atoms with Gasteiger partial charge in [-0.1, -0.05) is 0 Å². The van der Waals surface area contributed by atoms with Gasteiger partial charge in [0.1, 0.15) is 5.75 Å². The number of rotatable bonds is 3. The fraction of sp³-hybridized carbons (Fsp3) is 0.125. The van der Waals surface area contributed by atoms with E-state index in [1.54, 1.807) is 49.6 Å². The lowest BCUT2D eigenvalue weighted by molar-refractivity contribution is 0.0977. The molecule has 0 aromatic heterocycles. The van der Waals surface area contributed by atoms with E-state index in [0.717, 1.165) is 11.4 Å². The molecular weight excluding hydrogens is 316 g/mol. The molecule has 23 heavy (non-hydrogen) atoms. The third kappa shape index (κ3) is 3.51. The first-order valence-electron chi connectivity index (χ1n) is 6.82. The van der Waals surface area contributed by atoms with Crippen molar-refractivity contribution in [1.29, 1.82) is 0 Å². The van der Waals surface area contributed by atoms with Crippen LogP contribution in [0.2, 0.25) is 0 Å².